The Morgan fingerprint density at radius 3 is 2.42 bits per heavy atom. The van der Waals surface area contributed by atoms with Gasteiger partial charge in [-0.1, -0.05) is 68.0 Å². The highest BCUT2D eigenvalue weighted by molar-refractivity contribution is 8.13. The minimum Gasteiger partial charge on any atom is -0.497 e. The Kier molecular flexibility index (Phi) is 10.6. The van der Waals surface area contributed by atoms with Crippen molar-refractivity contribution in [2.24, 2.45) is 0 Å². The first-order chi connectivity index (χ1) is 18.4. The summed E-state index contributed by atoms with van der Waals surface area (Å²) < 4.78 is 24.2. The van der Waals surface area contributed by atoms with E-state index in [1.165, 1.54) is 43.9 Å². The third-order valence-electron chi connectivity index (χ3n) is 7.99. The molecular weight excluding hydrogens is 502 g/mol. The molecule has 4 rings (SSSR count). The van der Waals surface area contributed by atoms with Crippen LogP contribution < -0.4 is 4.74 Å². The van der Waals surface area contributed by atoms with E-state index >= 15 is 0 Å². The average molecular weight is 546 g/mol. The Morgan fingerprint density at radius 2 is 1.71 bits per heavy atom. The van der Waals surface area contributed by atoms with Gasteiger partial charge in [-0.25, -0.2) is 4.79 Å². The fourth-order valence-corrected chi connectivity index (χ4v) is 6.96. The van der Waals surface area contributed by atoms with Crippen molar-refractivity contribution in [1.29, 1.82) is 0 Å². The number of thioether (sulfide) groups is 1. The maximum Gasteiger partial charge on any atom is 0.330 e. The van der Waals surface area contributed by atoms with E-state index in [4.69, 9.17) is 18.9 Å². The fraction of sp³-hybridized carbons (Fsp3) is 0.667. The van der Waals surface area contributed by atoms with Crippen LogP contribution in [-0.2, 0) is 25.5 Å². The number of hydrogen-bond donors (Lipinski definition) is 0. The van der Waals surface area contributed by atoms with Crippen molar-refractivity contribution in [2.75, 3.05) is 20.0 Å². The first kappa shape index (κ1) is 29.0. The van der Waals surface area contributed by atoms with Crippen LogP contribution in [0.25, 0.3) is 0 Å². The minimum atomic E-state index is -1.04. The number of rotatable bonds is 5. The number of benzene rings is 1. The number of methoxy groups -OCH3 is 2. The molecule has 1 aromatic carbocycles. The van der Waals surface area contributed by atoms with Crippen molar-refractivity contribution in [3.8, 4) is 5.75 Å². The second kappa shape index (κ2) is 13.9. The average Bonchev–Trinajstić information content (AvgIpc) is 3.27. The van der Waals surface area contributed by atoms with E-state index in [1.54, 1.807) is 20.3 Å². The Morgan fingerprint density at radius 1 is 1.00 bits per heavy atom. The summed E-state index contributed by atoms with van der Waals surface area (Å²) in [7, 11) is 3.29. The normalized spacial score (nSPS) is 30.0. The second-order valence-electron chi connectivity index (χ2n) is 10.8. The summed E-state index contributed by atoms with van der Waals surface area (Å²) in [5.74, 6) is 0.00946. The molecule has 1 aromatic rings. The Hall–Kier alpha value is -2.03. The molecule has 7 nitrogen and oxygen atoms in total. The summed E-state index contributed by atoms with van der Waals surface area (Å²) >= 11 is 1.29. The van der Waals surface area contributed by atoms with Gasteiger partial charge in [-0.2, -0.15) is 0 Å². The van der Waals surface area contributed by atoms with Gasteiger partial charge in [0.1, 0.15) is 11.9 Å². The molecule has 0 spiro atoms. The third-order valence-corrected chi connectivity index (χ3v) is 8.95. The Bertz CT molecular complexity index is 966. The molecule has 2 saturated heterocycles. The van der Waals surface area contributed by atoms with Crippen LogP contribution in [0.5, 0.6) is 5.75 Å². The maximum atomic E-state index is 13.0. The van der Waals surface area contributed by atoms with Gasteiger partial charge in [-0.3, -0.25) is 4.79 Å². The number of esters is 1. The van der Waals surface area contributed by atoms with Crippen LogP contribution in [0.2, 0.25) is 0 Å². The monoisotopic (exact) mass is 545 g/mol. The van der Waals surface area contributed by atoms with Gasteiger partial charge in [0.25, 0.3) is 5.24 Å². The van der Waals surface area contributed by atoms with Gasteiger partial charge in [0.2, 0.25) is 0 Å². The molecule has 1 amide bonds. The van der Waals surface area contributed by atoms with E-state index < -0.39 is 5.79 Å². The lowest BCUT2D eigenvalue weighted by molar-refractivity contribution is -0.305. The van der Waals surface area contributed by atoms with Crippen molar-refractivity contribution >= 4 is 23.0 Å². The topological polar surface area (TPSA) is 74.3 Å². The summed E-state index contributed by atoms with van der Waals surface area (Å²) in [5.41, 5.74) is 2.07. The molecule has 2 bridgehead atoms. The van der Waals surface area contributed by atoms with Crippen molar-refractivity contribution in [3.63, 3.8) is 0 Å². The molecule has 1 unspecified atom stereocenters. The molecule has 2 fully saturated rings. The van der Waals surface area contributed by atoms with Crippen molar-refractivity contribution in [2.45, 2.75) is 108 Å². The molecule has 0 aliphatic carbocycles. The quantitative estimate of drug-likeness (QED) is 0.384. The lowest BCUT2D eigenvalue weighted by atomic mass is 9.90. The largest absolute Gasteiger partial charge is 0.497 e. The second-order valence-corrected chi connectivity index (χ2v) is 11.8. The van der Waals surface area contributed by atoms with E-state index in [0.717, 1.165) is 42.6 Å². The molecule has 4 atom stereocenters. The van der Waals surface area contributed by atoms with Crippen LogP contribution in [-0.4, -0.2) is 60.1 Å². The number of carbonyl (C=O) groups excluding carboxylic acids is 2. The summed E-state index contributed by atoms with van der Waals surface area (Å²) in [6.45, 7) is 2.46. The number of allylic oxidation sites excluding steroid dienone is 1. The molecule has 8 heteroatoms. The van der Waals surface area contributed by atoms with Crippen molar-refractivity contribution in [1.82, 2.24) is 4.90 Å². The predicted molar refractivity (Wildman–Crippen MR) is 149 cm³/mol. The number of nitrogens with zero attached hydrogens (tertiary/aromatic N) is 1. The van der Waals surface area contributed by atoms with Gasteiger partial charge in [0.15, 0.2) is 5.79 Å². The van der Waals surface area contributed by atoms with Gasteiger partial charge in [0.05, 0.1) is 19.3 Å². The smallest absolute Gasteiger partial charge is 0.330 e. The van der Waals surface area contributed by atoms with Gasteiger partial charge in [0, 0.05) is 38.3 Å². The molecule has 3 heterocycles. The molecule has 0 aromatic heterocycles. The fourth-order valence-electron chi connectivity index (χ4n) is 5.87. The van der Waals surface area contributed by atoms with E-state index in [2.05, 4.69) is 0 Å². The molecule has 0 saturated carbocycles. The molecule has 210 valence electrons. The lowest BCUT2D eigenvalue weighted by Gasteiger charge is -2.48. The van der Waals surface area contributed by atoms with E-state index in [9.17, 15) is 9.59 Å². The summed E-state index contributed by atoms with van der Waals surface area (Å²) in [5, 5.41) is 0.00882. The van der Waals surface area contributed by atoms with Gasteiger partial charge in [-0.05, 0) is 43.9 Å². The van der Waals surface area contributed by atoms with Gasteiger partial charge < -0.3 is 23.8 Å². The first-order valence-corrected chi connectivity index (χ1v) is 15.1. The number of fused-ring (bicyclic) bond motifs is 2. The molecule has 0 radical (unpaired) electrons. The van der Waals surface area contributed by atoms with Crippen LogP contribution in [0.1, 0.15) is 83.1 Å². The highest BCUT2D eigenvalue weighted by Crippen LogP contribution is 2.43. The lowest BCUT2D eigenvalue weighted by Crippen LogP contribution is -2.60. The summed E-state index contributed by atoms with van der Waals surface area (Å²) in [6, 6.07) is 7.47. The highest BCUT2D eigenvalue weighted by Gasteiger charge is 2.54. The number of amides is 1. The zero-order valence-corrected chi connectivity index (χ0v) is 23.9. The third kappa shape index (κ3) is 7.54. The molecule has 0 N–H and O–H groups in total. The van der Waals surface area contributed by atoms with E-state index in [0.29, 0.717) is 25.1 Å². The Balaban J connectivity index is 1.55. The van der Waals surface area contributed by atoms with Crippen LogP contribution in [0.15, 0.2) is 35.9 Å². The number of hydrogen-bond acceptors (Lipinski definition) is 7. The van der Waals surface area contributed by atoms with E-state index in [1.807, 2.05) is 36.1 Å². The van der Waals surface area contributed by atoms with Gasteiger partial charge >= 0.3 is 5.97 Å². The summed E-state index contributed by atoms with van der Waals surface area (Å²) in [4.78, 5) is 27.8. The van der Waals surface area contributed by atoms with E-state index in [-0.39, 0.29) is 29.5 Å². The molecular formula is C30H43NO6S. The minimum absolute atomic E-state index is 0.00882. The highest BCUT2D eigenvalue weighted by atomic mass is 32.2. The zero-order chi connectivity index (χ0) is 27.0. The Labute approximate surface area is 231 Å². The predicted octanol–water partition coefficient (Wildman–Crippen LogP) is 6.64. The van der Waals surface area contributed by atoms with Gasteiger partial charge in [-0.15, -0.1) is 0 Å². The SMILES string of the molecule is COc1ccc(CN2C(=O)SCC2[C@@]2(OC)C[C@H]3C[C@@H](CCCCCCCCCC(C)=CC(=O)O3)O2)cc1. The molecule has 38 heavy (non-hydrogen) atoms. The van der Waals surface area contributed by atoms with Crippen LogP contribution >= 0.6 is 11.8 Å². The van der Waals surface area contributed by atoms with Crippen molar-refractivity contribution in [3.05, 3.63) is 41.5 Å². The first-order valence-electron chi connectivity index (χ1n) is 14.1. The van der Waals surface area contributed by atoms with Crippen LogP contribution in [0.4, 0.5) is 4.79 Å². The number of carbonyl (C=O) groups is 2. The molecule has 3 aliphatic heterocycles. The zero-order valence-electron chi connectivity index (χ0n) is 23.1. The van der Waals surface area contributed by atoms with Crippen molar-refractivity contribution < 1.29 is 28.5 Å². The maximum absolute atomic E-state index is 13.0. The van der Waals surface area contributed by atoms with Crippen LogP contribution in [0.3, 0.4) is 0 Å². The number of ether oxygens (including phenoxy) is 4. The standard InChI is InChI=1S/C30H43NO6S/c1-22-11-9-7-5-4-6-8-10-12-25-18-26(36-28(32)17-22)19-30(35-3,37-25)27-21-38-29(33)31(27)20-23-13-15-24(34-2)16-14-23/h13-17,25-27H,4-12,18-21H2,1-3H3/t25-,26-,27?,30-/m1/s1. The van der Waals surface area contributed by atoms with Crippen LogP contribution in [0, 0.1) is 0 Å². The molecule has 3 aliphatic rings. The summed E-state index contributed by atoms with van der Waals surface area (Å²) in [6.07, 6.45) is 12.4.